The number of allylic oxidation sites excluding steroid dienone is 10. The summed E-state index contributed by atoms with van der Waals surface area (Å²) in [5, 5.41) is 0. The molecule has 1 atom stereocenters. The molecule has 400 valence electrons. The molecule has 1 unspecified atom stereocenters. The minimum atomic E-state index is -0.806. The third kappa shape index (κ3) is 55.9. The van der Waals surface area contributed by atoms with Gasteiger partial charge in [-0.15, -0.1) is 0 Å². The van der Waals surface area contributed by atoms with Gasteiger partial charge in [-0.05, 0) is 77.0 Å². The molecule has 0 aliphatic rings. The fraction of sp³-hybridized carbons (Fsp3) is 0.794. The van der Waals surface area contributed by atoms with Crippen LogP contribution in [0, 0.1) is 0 Å². The lowest BCUT2D eigenvalue weighted by atomic mass is 10.0. The highest BCUT2D eigenvalue weighted by Gasteiger charge is 2.19. The zero-order chi connectivity index (χ0) is 50.0. The van der Waals surface area contributed by atoms with Crippen LogP contribution < -0.4 is 0 Å². The number of esters is 3. The molecule has 0 fully saturated rings. The smallest absolute Gasteiger partial charge is 0.306 e. The van der Waals surface area contributed by atoms with Gasteiger partial charge in [-0.25, -0.2) is 0 Å². The van der Waals surface area contributed by atoms with Gasteiger partial charge in [0.1, 0.15) is 13.2 Å². The van der Waals surface area contributed by atoms with Gasteiger partial charge in [0, 0.05) is 19.3 Å². The molecule has 0 aromatic rings. The number of hydrogen-bond acceptors (Lipinski definition) is 6. The number of ether oxygens (including phenoxy) is 3. The quantitative estimate of drug-likeness (QED) is 0.0199. The molecule has 6 nitrogen and oxygen atoms in total. The first-order valence-electron chi connectivity index (χ1n) is 29.8. The number of rotatable bonds is 54. The fourth-order valence-electron chi connectivity index (χ4n) is 8.51. The molecule has 69 heavy (non-hydrogen) atoms. The second kappa shape index (κ2) is 57.7. The van der Waals surface area contributed by atoms with Gasteiger partial charge in [0.05, 0.1) is 0 Å². The van der Waals surface area contributed by atoms with E-state index in [0.29, 0.717) is 19.3 Å². The first-order chi connectivity index (χ1) is 34.0. The average Bonchev–Trinajstić information content (AvgIpc) is 3.35. The Hall–Kier alpha value is -2.89. The van der Waals surface area contributed by atoms with E-state index in [4.69, 9.17) is 14.2 Å². The Kier molecular flexibility index (Phi) is 55.3. The third-order valence-electron chi connectivity index (χ3n) is 13.0. The highest BCUT2D eigenvalue weighted by Crippen LogP contribution is 2.16. The zero-order valence-electron chi connectivity index (χ0n) is 45.8. The topological polar surface area (TPSA) is 78.9 Å². The van der Waals surface area contributed by atoms with E-state index in [0.717, 1.165) is 77.0 Å². The van der Waals surface area contributed by atoms with Gasteiger partial charge in [0.2, 0.25) is 0 Å². The van der Waals surface area contributed by atoms with Crippen molar-refractivity contribution in [1.29, 1.82) is 0 Å². The third-order valence-corrected chi connectivity index (χ3v) is 13.0. The Balaban J connectivity index is 4.46. The summed E-state index contributed by atoms with van der Waals surface area (Å²) in [5.41, 5.74) is 0. The predicted octanol–water partition coefficient (Wildman–Crippen LogP) is 20.0. The highest BCUT2D eigenvalue weighted by molar-refractivity contribution is 5.71. The minimum absolute atomic E-state index is 0.0966. The molecule has 0 spiro atoms. The second-order valence-corrected chi connectivity index (χ2v) is 19.9. The largest absolute Gasteiger partial charge is 0.462 e. The molecule has 0 saturated heterocycles. The Bertz CT molecular complexity index is 1250. The van der Waals surface area contributed by atoms with Crippen LogP contribution in [0.5, 0.6) is 0 Å². The zero-order valence-corrected chi connectivity index (χ0v) is 45.8. The highest BCUT2D eigenvalue weighted by atomic mass is 16.6. The van der Waals surface area contributed by atoms with Crippen LogP contribution in [0.4, 0.5) is 0 Å². The number of carbonyl (C=O) groups is 3. The molecule has 0 saturated carbocycles. The van der Waals surface area contributed by atoms with Crippen molar-refractivity contribution in [2.45, 2.75) is 309 Å². The van der Waals surface area contributed by atoms with Gasteiger partial charge in [0.15, 0.2) is 6.10 Å². The molecule has 0 radical (unpaired) electrons. The van der Waals surface area contributed by atoms with E-state index in [2.05, 4.69) is 81.5 Å². The Morgan fingerprint density at radius 2 is 0.580 bits per heavy atom. The van der Waals surface area contributed by atoms with Crippen molar-refractivity contribution in [2.24, 2.45) is 0 Å². The molecule has 0 rings (SSSR count). The van der Waals surface area contributed by atoms with Crippen molar-refractivity contribution in [3.05, 3.63) is 60.8 Å². The van der Waals surface area contributed by atoms with Gasteiger partial charge in [-0.3, -0.25) is 14.4 Å². The van der Waals surface area contributed by atoms with Gasteiger partial charge in [-0.2, -0.15) is 0 Å². The molecule has 0 aliphatic heterocycles. The van der Waals surface area contributed by atoms with Crippen molar-refractivity contribution in [3.63, 3.8) is 0 Å². The molecule has 0 bridgehead atoms. The maximum Gasteiger partial charge on any atom is 0.306 e. The summed E-state index contributed by atoms with van der Waals surface area (Å²) in [6.45, 7) is 6.61. The van der Waals surface area contributed by atoms with Crippen LogP contribution in [0.15, 0.2) is 60.8 Å². The lowest BCUT2D eigenvalue weighted by Gasteiger charge is -2.18. The maximum absolute atomic E-state index is 12.8. The van der Waals surface area contributed by atoms with E-state index in [-0.39, 0.29) is 37.5 Å². The number of carbonyl (C=O) groups excluding carboxylic acids is 3. The molecule has 0 amide bonds. The van der Waals surface area contributed by atoms with Gasteiger partial charge >= 0.3 is 17.9 Å². The Morgan fingerprint density at radius 1 is 0.304 bits per heavy atom. The fourth-order valence-corrected chi connectivity index (χ4v) is 8.51. The van der Waals surface area contributed by atoms with E-state index in [9.17, 15) is 14.4 Å². The van der Waals surface area contributed by atoms with Gasteiger partial charge in [0.25, 0.3) is 0 Å². The first-order valence-corrected chi connectivity index (χ1v) is 29.8. The lowest BCUT2D eigenvalue weighted by Crippen LogP contribution is -2.30. The van der Waals surface area contributed by atoms with E-state index in [1.165, 1.54) is 180 Å². The SMILES string of the molecule is CCCCCCCC/C=C\C/C=C\C/C=C\CCCC(=O)OC(COC(=O)CCCCCCC/C=C\C=C/CCCCCCCCC)COC(=O)CCCCCCCCCCCCCCCCCC. The van der Waals surface area contributed by atoms with E-state index in [1.54, 1.807) is 0 Å². The summed E-state index contributed by atoms with van der Waals surface area (Å²) >= 11 is 0. The summed E-state index contributed by atoms with van der Waals surface area (Å²) in [7, 11) is 0. The molecule has 0 aromatic carbocycles. The normalized spacial score (nSPS) is 12.4. The lowest BCUT2D eigenvalue weighted by molar-refractivity contribution is -0.167. The first kappa shape index (κ1) is 66.1. The molecular formula is C63H112O6. The van der Waals surface area contributed by atoms with E-state index >= 15 is 0 Å². The van der Waals surface area contributed by atoms with Crippen LogP contribution in [0.25, 0.3) is 0 Å². The van der Waals surface area contributed by atoms with Gasteiger partial charge in [-0.1, -0.05) is 268 Å². The van der Waals surface area contributed by atoms with Crippen molar-refractivity contribution in [3.8, 4) is 0 Å². The predicted molar refractivity (Wildman–Crippen MR) is 298 cm³/mol. The van der Waals surface area contributed by atoms with Crippen molar-refractivity contribution in [1.82, 2.24) is 0 Å². The van der Waals surface area contributed by atoms with E-state index in [1.807, 2.05) is 0 Å². The Morgan fingerprint density at radius 3 is 0.942 bits per heavy atom. The maximum atomic E-state index is 12.8. The summed E-state index contributed by atoms with van der Waals surface area (Å²) in [6, 6.07) is 0. The second-order valence-electron chi connectivity index (χ2n) is 19.9. The summed E-state index contributed by atoms with van der Waals surface area (Å²) in [4.78, 5) is 38.2. The molecular weight excluding hydrogens is 853 g/mol. The van der Waals surface area contributed by atoms with Crippen molar-refractivity contribution >= 4 is 17.9 Å². The van der Waals surface area contributed by atoms with E-state index < -0.39 is 6.10 Å². The van der Waals surface area contributed by atoms with Crippen LogP contribution in [0.2, 0.25) is 0 Å². The minimum Gasteiger partial charge on any atom is -0.462 e. The molecule has 0 aromatic heterocycles. The van der Waals surface area contributed by atoms with Crippen molar-refractivity contribution in [2.75, 3.05) is 13.2 Å². The Labute approximate surface area is 428 Å². The summed E-state index contributed by atoms with van der Waals surface area (Å²) in [6.07, 6.45) is 72.2. The van der Waals surface area contributed by atoms with Crippen LogP contribution in [0.1, 0.15) is 303 Å². The van der Waals surface area contributed by atoms with Crippen LogP contribution in [-0.4, -0.2) is 37.2 Å². The van der Waals surface area contributed by atoms with Crippen LogP contribution >= 0.6 is 0 Å². The number of hydrogen-bond donors (Lipinski definition) is 0. The average molecular weight is 966 g/mol. The van der Waals surface area contributed by atoms with Crippen LogP contribution in [0.3, 0.4) is 0 Å². The summed E-state index contributed by atoms with van der Waals surface area (Å²) < 4.78 is 16.8. The monoisotopic (exact) mass is 965 g/mol. The molecule has 0 heterocycles. The molecule has 0 aliphatic carbocycles. The standard InChI is InChI=1S/C63H112O6/c1-4-7-10-13-16-19-22-25-28-31-33-35-38-41-44-47-50-53-56-62(65)68-59-60(58-67-61(64)55-52-49-46-43-40-37-34-30-27-24-21-18-15-12-9-6-3)69-63(66)57-54-51-48-45-42-39-36-32-29-26-23-20-17-14-11-8-5-2/h26,28-29,31,33,35-36,39,45,48,60H,4-25,27,30,32,34,37-38,40-44,46-47,49-59H2,1-3H3/b29-26-,31-28-,35-33-,39-36-,48-45-. The summed E-state index contributed by atoms with van der Waals surface area (Å²) in [5.74, 6) is -0.952. The molecule has 0 N–H and O–H groups in total. The van der Waals surface area contributed by atoms with Crippen molar-refractivity contribution < 1.29 is 28.6 Å². The molecule has 6 heteroatoms. The van der Waals surface area contributed by atoms with Gasteiger partial charge < -0.3 is 14.2 Å². The number of unbranched alkanes of at least 4 members (excludes halogenated alkanes) is 34. The van der Waals surface area contributed by atoms with Crippen LogP contribution in [-0.2, 0) is 28.6 Å².